The van der Waals surface area contributed by atoms with E-state index in [9.17, 15) is 13.2 Å². The van der Waals surface area contributed by atoms with Crippen LogP contribution in [-0.2, 0) is 9.84 Å². The number of nitrogens with two attached hydrogens (primary N) is 1. The van der Waals surface area contributed by atoms with E-state index in [2.05, 4.69) is 22.3 Å². The summed E-state index contributed by atoms with van der Waals surface area (Å²) in [7, 11) is -3.90. The molecule has 7 nitrogen and oxygen atoms in total. The monoisotopic (exact) mass is 518 g/mol. The molecule has 0 aliphatic rings. The quantitative estimate of drug-likeness (QED) is 0.505. The lowest BCUT2D eigenvalue weighted by atomic mass is 10.1. The average Bonchev–Trinajstić information content (AvgIpc) is 3.13. The molecule has 3 rings (SSSR count). The van der Waals surface area contributed by atoms with Gasteiger partial charge >= 0.3 is 0 Å². The van der Waals surface area contributed by atoms with Crippen LogP contribution in [0.1, 0.15) is 36.8 Å². The Morgan fingerprint density at radius 2 is 1.79 bits per heavy atom. The number of carbonyl (C=O) groups is 1. The van der Waals surface area contributed by atoms with Crippen molar-refractivity contribution in [1.29, 1.82) is 0 Å². The Morgan fingerprint density at radius 1 is 1.15 bits per heavy atom. The molecule has 1 amide bonds. The third-order valence-electron chi connectivity index (χ3n) is 4.54. The van der Waals surface area contributed by atoms with E-state index in [0.29, 0.717) is 21.8 Å². The molecule has 2 aromatic carbocycles. The van der Waals surface area contributed by atoms with Gasteiger partial charge in [0.25, 0.3) is 5.91 Å². The Morgan fingerprint density at radius 3 is 2.32 bits per heavy atom. The number of hydrogen-bond acceptors (Lipinski definition) is 5. The lowest BCUT2D eigenvalue weighted by molar-refractivity contribution is 0.0910. The highest BCUT2D eigenvalue weighted by Gasteiger charge is 2.32. The molecule has 0 aliphatic heterocycles. The summed E-state index contributed by atoms with van der Waals surface area (Å²) in [4.78, 5) is 12.9. The van der Waals surface area contributed by atoms with E-state index in [4.69, 9.17) is 28.9 Å². The summed E-state index contributed by atoms with van der Waals surface area (Å²) in [5.74, 6) is 5.03. The summed E-state index contributed by atoms with van der Waals surface area (Å²) in [5.41, 5.74) is 6.30. The fraction of sp³-hybridized carbons (Fsp3) is 0.250. The molecule has 0 saturated heterocycles. The first kappa shape index (κ1) is 25.8. The van der Waals surface area contributed by atoms with Gasteiger partial charge in [-0.25, -0.2) is 13.1 Å². The van der Waals surface area contributed by atoms with Gasteiger partial charge in [-0.05, 0) is 51.1 Å². The first-order valence-corrected chi connectivity index (χ1v) is 12.9. The highest BCUT2D eigenvalue weighted by molar-refractivity contribution is 7.91. The molecule has 3 aromatic rings. The first-order valence-electron chi connectivity index (χ1n) is 10.2. The van der Waals surface area contributed by atoms with Crippen molar-refractivity contribution in [2.75, 3.05) is 12.8 Å². The predicted octanol–water partition coefficient (Wildman–Crippen LogP) is 4.09. The molecule has 0 aliphatic carbocycles. The number of nitrogens with one attached hydrogen (secondary N) is 1. The Balaban J connectivity index is 2.37. The minimum Gasteiger partial charge on any atom is -0.346 e. The SMILES string of the molecule is CC(C)(C)NC(=O)c1nn(-c2ccc(C#CCN)cc2Cl)c(-c2ccc(Cl)cc2)c1S(C)(=O)=O. The number of sulfone groups is 1. The lowest BCUT2D eigenvalue weighted by Crippen LogP contribution is -2.41. The second kappa shape index (κ2) is 9.80. The molecule has 0 fully saturated rings. The molecule has 178 valence electrons. The maximum absolute atomic E-state index is 13.1. The van der Waals surface area contributed by atoms with Crippen LogP contribution in [0.15, 0.2) is 47.4 Å². The molecule has 0 bridgehead atoms. The minimum absolute atomic E-state index is 0.195. The van der Waals surface area contributed by atoms with Crippen molar-refractivity contribution in [2.24, 2.45) is 5.73 Å². The zero-order valence-corrected chi connectivity index (χ0v) is 21.4. The molecule has 1 aromatic heterocycles. The number of amides is 1. The van der Waals surface area contributed by atoms with Gasteiger partial charge in [0.15, 0.2) is 15.5 Å². The van der Waals surface area contributed by atoms with E-state index >= 15 is 0 Å². The molecule has 1 heterocycles. The summed E-state index contributed by atoms with van der Waals surface area (Å²) in [6.07, 6.45) is 1.04. The normalized spacial score (nSPS) is 11.6. The summed E-state index contributed by atoms with van der Waals surface area (Å²) in [6.45, 7) is 5.57. The van der Waals surface area contributed by atoms with Crippen molar-refractivity contribution in [2.45, 2.75) is 31.2 Å². The number of hydrogen-bond donors (Lipinski definition) is 2. The second-order valence-corrected chi connectivity index (χ2v) is 11.4. The zero-order valence-electron chi connectivity index (χ0n) is 19.1. The van der Waals surface area contributed by atoms with E-state index < -0.39 is 21.3 Å². The maximum Gasteiger partial charge on any atom is 0.273 e. The molecule has 34 heavy (non-hydrogen) atoms. The van der Waals surface area contributed by atoms with Gasteiger partial charge in [0, 0.05) is 27.9 Å². The number of rotatable bonds is 4. The summed E-state index contributed by atoms with van der Waals surface area (Å²) in [6, 6.07) is 11.6. The highest BCUT2D eigenvalue weighted by Crippen LogP contribution is 2.35. The Bertz CT molecular complexity index is 1410. The van der Waals surface area contributed by atoms with Crippen LogP contribution in [0, 0.1) is 11.8 Å². The number of carbonyl (C=O) groups excluding carboxylic acids is 1. The van der Waals surface area contributed by atoms with Gasteiger partial charge in [0.2, 0.25) is 0 Å². The summed E-state index contributed by atoms with van der Waals surface area (Å²) in [5, 5.41) is 7.96. The van der Waals surface area contributed by atoms with Crippen LogP contribution >= 0.6 is 23.2 Å². The van der Waals surface area contributed by atoms with Crippen LogP contribution in [0.5, 0.6) is 0 Å². The van der Waals surface area contributed by atoms with Gasteiger partial charge in [-0.1, -0.05) is 47.2 Å². The van der Waals surface area contributed by atoms with Crippen LogP contribution in [0.3, 0.4) is 0 Å². The number of nitrogens with zero attached hydrogens (tertiary/aromatic N) is 2. The number of halogens is 2. The molecular weight excluding hydrogens is 495 g/mol. The molecule has 0 radical (unpaired) electrons. The molecule has 3 N–H and O–H groups in total. The van der Waals surface area contributed by atoms with Gasteiger partial charge in [0.1, 0.15) is 4.90 Å². The molecule has 0 spiro atoms. The van der Waals surface area contributed by atoms with Crippen LogP contribution < -0.4 is 11.1 Å². The van der Waals surface area contributed by atoms with E-state index in [0.717, 1.165) is 6.26 Å². The maximum atomic E-state index is 13.1. The Labute approximate surface area is 209 Å². The fourth-order valence-corrected chi connectivity index (χ4v) is 4.68. The molecular formula is C24H24Cl2N4O3S. The smallest absolute Gasteiger partial charge is 0.273 e. The van der Waals surface area contributed by atoms with Crippen LogP contribution in [0.2, 0.25) is 10.0 Å². The zero-order chi connectivity index (χ0) is 25.3. The van der Waals surface area contributed by atoms with Crippen LogP contribution in [-0.4, -0.2) is 42.4 Å². The van der Waals surface area contributed by atoms with E-state index in [-0.39, 0.29) is 27.9 Å². The largest absolute Gasteiger partial charge is 0.346 e. The van der Waals surface area contributed by atoms with Crippen molar-refractivity contribution >= 4 is 38.9 Å². The van der Waals surface area contributed by atoms with Gasteiger partial charge < -0.3 is 11.1 Å². The van der Waals surface area contributed by atoms with E-state index in [1.807, 2.05) is 0 Å². The first-order chi connectivity index (χ1) is 15.8. The second-order valence-electron chi connectivity index (χ2n) is 8.59. The summed E-state index contributed by atoms with van der Waals surface area (Å²) < 4.78 is 27.3. The fourth-order valence-electron chi connectivity index (χ4n) is 3.25. The van der Waals surface area contributed by atoms with Gasteiger partial charge in [0.05, 0.1) is 22.9 Å². The van der Waals surface area contributed by atoms with Crippen molar-refractivity contribution in [3.8, 4) is 28.8 Å². The third kappa shape index (κ3) is 5.80. The lowest BCUT2D eigenvalue weighted by Gasteiger charge is -2.19. The standard InChI is InChI=1S/C24H24Cl2N4O3S/c1-24(2,3)28-23(31)20-22(34(4,32)33)21(16-8-10-17(25)11-9-16)30(29-20)19-12-7-15(6-5-13-27)14-18(19)26/h7-12,14H,13,27H2,1-4H3,(H,28,31). The molecule has 0 saturated carbocycles. The number of benzene rings is 2. The van der Waals surface area contributed by atoms with E-state index in [1.165, 1.54) is 4.68 Å². The van der Waals surface area contributed by atoms with Gasteiger partial charge in [-0.2, -0.15) is 5.10 Å². The summed E-state index contributed by atoms with van der Waals surface area (Å²) >= 11 is 12.6. The van der Waals surface area contributed by atoms with Crippen molar-refractivity contribution < 1.29 is 13.2 Å². The van der Waals surface area contributed by atoms with Crippen molar-refractivity contribution in [3.05, 3.63) is 63.8 Å². The average molecular weight is 519 g/mol. The topological polar surface area (TPSA) is 107 Å². The van der Waals surface area contributed by atoms with Crippen molar-refractivity contribution in [1.82, 2.24) is 15.1 Å². The van der Waals surface area contributed by atoms with Gasteiger partial charge in [-0.3, -0.25) is 4.79 Å². The Hall–Kier alpha value is -2.83. The molecule has 0 unspecified atom stereocenters. The van der Waals surface area contributed by atoms with Crippen LogP contribution in [0.4, 0.5) is 0 Å². The third-order valence-corrected chi connectivity index (χ3v) is 6.23. The predicted molar refractivity (Wildman–Crippen MR) is 135 cm³/mol. The Kier molecular flexibility index (Phi) is 7.44. The van der Waals surface area contributed by atoms with Crippen LogP contribution in [0.25, 0.3) is 16.9 Å². The molecule has 10 heteroatoms. The molecule has 0 atom stereocenters. The minimum atomic E-state index is -3.90. The van der Waals surface area contributed by atoms with Crippen molar-refractivity contribution in [3.63, 3.8) is 0 Å². The van der Waals surface area contributed by atoms with E-state index in [1.54, 1.807) is 63.2 Å². The highest BCUT2D eigenvalue weighted by atomic mass is 35.5. The number of aromatic nitrogens is 2. The van der Waals surface area contributed by atoms with Gasteiger partial charge in [-0.15, -0.1) is 0 Å².